The van der Waals surface area contributed by atoms with Crippen LogP contribution in [-0.4, -0.2) is 33.7 Å². The molecule has 0 aliphatic heterocycles. The molecule has 1 N–H and O–H groups in total. The van der Waals surface area contributed by atoms with Crippen molar-refractivity contribution in [2.24, 2.45) is 0 Å². The summed E-state index contributed by atoms with van der Waals surface area (Å²) in [7, 11) is -2.36. The molecule has 3 rings (SSSR count). The number of anilines is 1. The second-order valence-corrected chi connectivity index (χ2v) is 7.31. The van der Waals surface area contributed by atoms with E-state index in [1.54, 1.807) is 19.2 Å². The number of benzene rings is 1. The van der Waals surface area contributed by atoms with Gasteiger partial charge >= 0.3 is 0 Å². The van der Waals surface area contributed by atoms with Crippen molar-refractivity contribution >= 4 is 27.3 Å². The van der Waals surface area contributed by atoms with E-state index >= 15 is 0 Å². The summed E-state index contributed by atoms with van der Waals surface area (Å²) in [6.07, 6.45) is 1.45. The summed E-state index contributed by atoms with van der Waals surface area (Å²) in [4.78, 5) is 4.18. The molecule has 25 heavy (non-hydrogen) atoms. The summed E-state index contributed by atoms with van der Waals surface area (Å²) in [6.45, 7) is 0.726. The van der Waals surface area contributed by atoms with E-state index in [1.165, 1.54) is 30.5 Å². The fraction of sp³-hybridized carbons (Fsp3) is 0.188. The fourth-order valence-corrected chi connectivity index (χ4v) is 3.50. The number of furan rings is 1. The lowest BCUT2D eigenvalue weighted by Crippen LogP contribution is -2.11. The predicted molar refractivity (Wildman–Crippen MR) is 91.5 cm³/mol. The van der Waals surface area contributed by atoms with Gasteiger partial charge < -0.3 is 18.9 Å². The largest absolute Gasteiger partial charge is 0.459 e. The van der Waals surface area contributed by atoms with Crippen LogP contribution in [0.25, 0.3) is 11.7 Å². The van der Waals surface area contributed by atoms with E-state index in [1.807, 2.05) is 0 Å². The topological polar surface area (TPSA) is 94.6 Å². The highest BCUT2D eigenvalue weighted by atomic mass is 35.5. The van der Waals surface area contributed by atoms with Gasteiger partial charge in [0.15, 0.2) is 5.76 Å². The van der Waals surface area contributed by atoms with Crippen LogP contribution in [-0.2, 0) is 14.6 Å². The summed E-state index contributed by atoms with van der Waals surface area (Å²) in [6, 6.07) is 9.12. The molecule has 0 amide bonds. The van der Waals surface area contributed by atoms with Gasteiger partial charge in [0.05, 0.1) is 17.8 Å². The van der Waals surface area contributed by atoms with Crippen molar-refractivity contribution in [1.29, 1.82) is 0 Å². The normalized spacial score (nSPS) is 11.6. The van der Waals surface area contributed by atoms with E-state index < -0.39 is 9.84 Å². The van der Waals surface area contributed by atoms with Gasteiger partial charge in [-0.05, 0) is 36.4 Å². The molecule has 0 unspecified atom stereocenters. The molecule has 0 aliphatic rings. The van der Waals surface area contributed by atoms with E-state index in [0.29, 0.717) is 23.9 Å². The third-order valence-electron chi connectivity index (χ3n) is 3.30. The molecule has 2 heterocycles. The zero-order chi connectivity index (χ0) is 17.9. The van der Waals surface area contributed by atoms with Gasteiger partial charge in [0.25, 0.3) is 5.89 Å². The number of aromatic nitrogens is 1. The molecule has 0 bridgehead atoms. The lowest BCUT2D eigenvalue weighted by Gasteiger charge is -2.05. The average Bonchev–Trinajstić information content (AvgIpc) is 3.25. The number of oxazole rings is 1. The first kappa shape index (κ1) is 17.5. The van der Waals surface area contributed by atoms with Crippen LogP contribution in [0.4, 0.5) is 5.88 Å². The Hall–Kier alpha value is -2.29. The van der Waals surface area contributed by atoms with Crippen molar-refractivity contribution in [3.05, 3.63) is 47.7 Å². The Morgan fingerprint density at radius 1 is 1.24 bits per heavy atom. The molecular formula is C16H15ClN2O5S. The Morgan fingerprint density at radius 2 is 2.00 bits per heavy atom. The zero-order valence-electron chi connectivity index (χ0n) is 13.2. The minimum absolute atomic E-state index is 0.0263. The maximum absolute atomic E-state index is 12.9. The smallest absolute Gasteiger partial charge is 0.266 e. The molecule has 0 aliphatic carbocycles. The molecule has 3 aromatic rings. The van der Waals surface area contributed by atoms with Crippen LogP contribution in [0.2, 0.25) is 5.02 Å². The molecule has 0 saturated carbocycles. The molecular weight excluding hydrogens is 368 g/mol. The second-order valence-electron chi connectivity index (χ2n) is 5.01. The van der Waals surface area contributed by atoms with Crippen LogP contribution >= 0.6 is 11.6 Å². The number of halogens is 1. The van der Waals surface area contributed by atoms with Gasteiger partial charge in [-0.15, -0.1) is 0 Å². The zero-order valence-corrected chi connectivity index (χ0v) is 14.8. The summed E-state index contributed by atoms with van der Waals surface area (Å²) in [5.74, 6) is 0.420. The Balaban J connectivity index is 2.04. The molecule has 9 heteroatoms. The molecule has 0 saturated heterocycles. The third kappa shape index (κ3) is 3.71. The highest BCUT2D eigenvalue weighted by molar-refractivity contribution is 7.91. The van der Waals surface area contributed by atoms with Crippen molar-refractivity contribution < 1.29 is 22.0 Å². The first-order valence-corrected chi connectivity index (χ1v) is 9.16. The van der Waals surface area contributed by atoms with Gasteiger partial charge in [0, 0.05) is 18.7 Å². The van der Waals surface area contributed by atoms with Gasteiger partial charge in [-0.2, -0.15) is 4.98 Å². The Morgan fingerprint density at radius 3 is 2.64 bits per heavy atom. The van der Waals surface area contributed by atoms with Crippen molar-refractivity contribution in [2.45, 2.75) is 9.92 Å². The van der Waals surface area contributed by atoms with Crippen molar-refractivity contribution in [3.63, 3.8) is 0 Å². The van der Waals surface area contributed by atoms with E-state index in [-0.39, 0.29) is 21.7 Å². The fourth-order valence-electron chi connectivity index (χ4n) is 2.10. The van der Waals surface area contributed by atoms with Crippen molar-refractivity contribution in [2.75, 3.05) is 25.6 Å². The van der Waals surface area contributed by atoms with E-state index in [4.69, 9.17) is 25.2 Å². The Kier molecular flexibility index (Phi) is 5.12. The average molecular weight is 383 g/mol. The number of nitrogens with one attached hydrogen (secondary N) is 1. The number of methoxy groups -OCH3 is 1. The molecule has 7 nitrogen and oxygen atoms in total. The number of hydrogen-bond donors (Lipinski definition) is 1. The minimum Gasteiger partial charge on any atom is -0.459 e. The summed E-state index contributed by atoms with van der Waals surface area (Å²) in [5, 5.41) is 3.10. The summed E-state index contributed by atoms with van der Waals surface area (Å²) in [5.41, 5.74) is 0. The van der Waals surface area contributed by atoms with E-state index in [2.05, 4.69) is 10.3 Å². The number of ether oxygens (including phenoxy) is 1. The highest BCUT2D eigenvalue weighted by Crippen LogP contribution is 2.32. The Bertz CT molecular complexity index is 934. The number of nitrogens with zero attached hydrogens (tertiary/aromatic N) is 1. The summed E-state index contributed by atoms with van der Waals surface area (Å²) < 4.78 is 41.6. The standard InChI is InChI=1S/C16H15ClN2O5S/c1-22-10-8-18-15-16(19-14(24-15)13-3-2-9-23-13)25(20,21)12-6-4-11(17)5-7-12/h2-7,9,18H,8,10H2,1H3. The van der Waals surface area contributed by atoms with Gasteiger partial charge in [-0.3, -0.25) is 0 Å². The van der Waals surface area contributed by atoms with Crippen LogP contribution in [0, 0.1) is 0 Å². The van der Waals surface area contributed by atoms with Gasteiger partial charge in [0.2, 0.25) is 20.7 Å². The maximum Gasteiger partial charge on any atom is 0.266 e. The first-order chi connectivity index (χ1) is 12.0. The Labute approximate surface area is 149 Å². The van der Waals surface area contributed by atoms with Gasteiger partial charge in [-0.1, -0.05) is 11.6 Å². The molecule has 132 valence electrons. The molecule has 2 aromatic heterocycles. The third-order valence-corrected chi connectivity index (χ3v) is 5.23. The number of rotatable bonds is 7. The van der Waals surface area contributed by atoms with Crippen molar-refractivity contribution in [1.82, 2.24) is 4.98 Å². The van der Waals surface area contributed by atoms with Gasteiger partial charge in [-0.25, -0.2) is 8.42 Å². The maximum atomic E-state index is 12.9. The molecule has 0 radical (unpaired) electrons. The lowest BCUT2D eigenvalue weighted by atomic mass is 10.4. The minimum atomic E-state index is -3.90. The molecule has 0 atom stereocenters. The van der Waals surface area contributed by atoms with Crippen molar-refractivity contribution in [3.8, 4) is 11.7 Å². The number of hydrogen-bond acceptors (Lipinski definition) is 7. The number of sulfone groups is 1. The van der Waals surface area contributed by atoms with Crippen LogP contribution in [0.5, 0.6) is 0 Å². The summed E-state index contributed by atoms with van der Waals surface area (Å²) >= 11 is 5.83. The van der Waals surface area contributed by atoms with Crippen LogP contribution < -0.4 is 5.32 Å². The predicted octanol–water partition coefficient (Wildman–Crippen LogP) is 3.48. The van der Waals surface area contributed by atoms with E-state index in [9.17, 15) is 8.42 Å². The first-order valence-electron chi connectivity index (χ1n) is 7.30. The highest BCUT2D eigenvalue weighted by Gasteiger charge is 2.29. The lowest BCUT2D eigenvalue weighted by molar-refractivity contribution is 0.210. The monoisotopic (exact) mass is 382 g/mol. The van der Waals surface area contributed by atoms with Gasteiger partial charge in [0.1, 0.15) is 0 Å². The van der Waals surface area contributed by atoms with E-state index in [0.717, 1.165) is 0 Å². The molecule has 0 fully saturated rings. The van der Waals surface area contributed by atoms with Crippen LogP contribution in [0.3, 0.4) is 0 Å². The quantitative estimate of drug-likeness (QED) is 0.625. The molecule has 1 aromatic carbocycles. The molecule has 0 spiro atoms. The van der Waals surface area contributed by atoms with Crippen LogP contribution in [0.1, 0.15) is 0 Å². The van der Waals surface area contributed by atoms with Crippen LogP contribution in [0.15, 0.2) is 61.4 Å². The second kappa shape index (κ2) is 7.30. The SMILES string of the molecule is COCCNc1oc(-c2ccco2)nc1S(=O)(=O)c1ccc(Cl)cc1.